The van der Waals surface area contributed by atoms with Gasteiger partial charge in [-0.1, -0.05) is 181 Å². The van der Waals surface area contributed by atoms with Crippen molar-refractivity contribution in [3.63, 3.8) is 0 Å². The highest BCUT2D eigenvalue weighted by molar-refractivity contribution is 5.79. The van der Waals surface area contributed by atoms with E-state index in [-0.39, 0.29) is 7.43 Å². The minimum absolute atomic E-state index is 0. The average Bonchev–Trinajstić information content (AvgIpc) is 3.12. The SMILES string of the molecule is C.C=C(C)c1ccc(-c2cccc(-c3cccc(-c4cccc(-c5ccccc5)c4)c3)c2)cc1.CC.CC.Cc1ccccc1C. The lowest BCUT2D eigenvalue weighted by Gasteiger charge is -2.10. The molecule has 0 atom stereocenters. The molecule has 0 aliphatic carbocycles. The first-order valence-electron chi connectivity index (χ1n) is 16.1. The molecule has 0 N–H and O–H groups in total. The zero-order chi connectivity index (χ0) is 32.6. The highest BCUT2D eigenvalue weighted by Gasteiger charge is 2.06. The zero-order valence-corrected chi connectivity index (χ0v) is 28.1. The van der Waals surface area contributed by atoms with Crippen molar-refractivity contribution >= 4 is 5.57 Å². The van der Waals surface area contributed by atoms with Crippen LogP contribution in [-0.2, 0) is 0 Å². The third-order valence-electron chi connectivity index (χ3n) is 7.50. The fourth-order valence-electron chi connectivity index (χ4n) is 4.88. The Morgan fingerprint density at radius 1 is 0.370 bits per heavy atom. The molecule has 6 aromatic carbocycles. The number of hydrogen-bond donors (Lipinski definition) is 0. The number of aryl methyl sites for hydroxylation is 2. The molecule has 0 fully saturated rings. The zero-order valence-electron chi connectivity index (χ0n) is 28.1. The number of benzene rings is 6. The first-order valence-corrected chi connectivity index (χ1v) is 16.1. The third-order valence-corrected chi connectivity index (χ3v) is 7.50. The van der Waals surface area contributed by atoms with Gasteiger partial charge in [-0.05, 0) is 100 Å². The summed E-state index contributed by atoms with van der Waals surface area (Å²) in [7, 11) is 0. The quantitative estimate of drug-likeness (QED) is 0.184. The van der Waals surface area contributed by atoms with Gasteiger partial charge in [0, 0.05) is 0 Å². The second kappa shape index (κ2) is 19.4. The van der Waals surface area contributed by atoms with E-state index in [0.717, 1.165) is 5.57 Å². The summed E-state index contributed by atoms with van der Waals surface area (Å²) < 4.78 is 0. The van der Waals surface area contributed by atoms with Crippen molar-refractivity contribution < 1.29 is 0 Å². The molecule has 0 aliphatic heterocycles. The Bertz CT molecular complexity index is 1730. The van der Waals surface area contributed by atoms with E-state index in [9.17, 15) is 0 Å². The fraction of sp³-hybridized carbons (Fsp3) is 0.174. The van der Waals surface area contributed by atoms with Crippen LogP contribution in [0.4, 0.5) is 0 Å². The van der Waals surface area contributed by atoms with Crippen molar-refractivity contribution in [2.45, 2.75) is 55.9 Å². The molecule has 0 saturated carbocycles. The Labute approximate surface area is 280 Å². The van der Waals surface area contributed by atoms with Gasteiger partial charge in [0.2, 0.25) is 0 Å². The Morgan fingerprint density at radius 2 is 0.652 bits per heavy atom. The van der Waals surface area contributed by atoms with Crippen LogP contribution in [0.2, 0.25) is 0 Å². The van der Waals surface area contributed by atoms with Crippen molar-refractivity contribution in [2.24, 2.45) is 0 Å². The number of rotatable bonds is 5. The standard InChI is InChI=1S/C33H26.C8H10.2C2H6.CH4/c1-24(2)25-17-19-27(20-18-25)29-12-7-14-31(22-29)33-16-8-15-32(23-33)30-13-6-11-28(21-30)26-9-4-3-5-10-26;1-7-5-3-4-6-8(7)2;2*1-2;/h3-23H,1H2,2H3;3-6H,1-2H3;2*1-2H3;1H4. The Kier molecular flexibility index (Phi) is 15.7. The lowest BCUT2D eigenvalue weighted by Crippen LogP contribution is -1.85. The van der Waals surface area contributed by atoms with Crippen LogP contribution in [0.3, 0.4) is 0 Å². The van der Waals surface area contributed by atoms with Gasteiger partial charge >= 0.3 is 0 Å². The van der Waals surface area contributed by atoms with Crippen LogP contribution in [0.5, 0.6) is 0 Å². The maximum atomic E-state index is 4.04. The minimum Gasteiger partial charge on any atom is -0.0955 e. The van der Waals surface area contributed by atoms with Gasteiger partial charge < -0.3 is 0 Å². The summed E-state index contributed by atoms with van der Waals surface area (Å²) >= 11 is 0. The second-order valence-corrected chi connectivity index (χ2v) is 10.6. The van der Waals surface area contributed by atoms with Crippen LogP contribution in [0.25, 0.3) is 50.1 Å². The monoisotopic (exact) mass is 604 g/mol. The largest absolute Gasteiger partial charge is 0.0955 e. The topological polar surface area (TPSA) is 0 Å². The summed E-state index contributed by atoms with van der Waals surface area (Å²) in [6, 6.07) is 53.9. The Morgan fingerprint density at radius 3 is 0.978 bits per heavy atom. The van der Waals surface area contributed by atoms with Crippen LogP contribution >= 0.6 is 0 Å². The van der Waals surface area contributed by atoms with Gasteiger partial charge in [0.05, 0.1) is 0 Å². The molecule has 0 aromatic heterocycles. The molecular formula is C46H52. The van der Waals surface area contributed by atoms with Gasteiger partial charge in [-0.3, -0.25) is 0 Å². The van der Waals surface area contributed by atoms with E-state index in [0.29, 0.717) is 0 Å². The van der Waals surface area contributed by atoms with Crippen molar-refractivity contribution in [1.29, 1.82) is 0 Å². The van der Waals surface area contributed by atoms with Crippen molar-refractivity contribution in [3.8, 4) is 44.5 Å². The molecule has 0 radical (unpaired) electrons. The summed E-state index contributed by atoms with van der Waals surface area (Å²) in [4.78, 5) is 0. The summed E-state index contributed by atoms with van der Waals surface area (Å²) in [6.07, 6.45) is 0. The highest BCUT2D eigenvalue weighted by atomic mass is 14.1. The van der Waals surface area contributed by atoms with Gasteiger partial charge in [-0.25, -0.2) is 0 Å². The first kappa shape index (κ1) is 37.2. The van der Waals surface area contributed by atoms with Crippen LogP contribution in [0.1, 0.15) is 58.7 Å². The van der Waals surface area contributed by atoms with Gasteiger partial charge in [0.25, 0.3) is 0 Å². The molecule has 6 aromatic rings. The highest BCUT2D eigenvalue weighted by Crippen LogP contribution is 2.32. The molecule has 0 aliphatic rings. The van der Waals surface area contributed by atoms with Gasteiger partial charge in [0.1, 0.15) is 0 Å². The van der Waals surface area contributed by atoms with Gasteiger partial charge in [-0.2, -0.15) is 0 Å². The molecule has 46 heavy (non-hydrogen) atoms. The number of allylic oxidation sites excluding steroid dienone is 1. The summed E-state index contributed by atoms with van der Waals surface area (Å²) in [5, 5.41) is 0. The predicted molar refractivity (Wildman–Crippen MR) is 208 cm³/mol. The van der Waals surface area contributed by atoms with E-state index in [4.69, 9.17) is 0 Å². The fourth-order valence-corrected chi connectivity index (χ4v) is 4.88. The second-order valence-electron chi connectivity index (χ2n) is 10.6. The Hall–Kier alpha value is -4.94. The van der Waals surface area contributed by atoms with E-state index in [1.165, 1.54) is 61.2 Å². The molecule has 0 nitrogen and oxygen atoms in total. The summed E-state index contributed by atoms with van der Waals surface area (Å²) in [6.45, 7) is 18.3. The van der Waals surface area contributed by atoms with Crippen LogP contribution in [0, 0.1) is 13.8 Å². The molecule has 0 heterocycles. The smallest absolute Gasteiger partial charge is 0.0178 e. The van der Waals surface area contributed by atoms with Crippen molar-refractivity contribution in [3.05, 3.63) is 175 Å². The predicted octanol–water partition coefficient (Wildman–Crippen LogP) is 14.4. The lowest BCUT2D eigenvalue weighted by molar-refractivity contribution is 1.34. The summed E-state index contributed by atoms with van der Waals surface area (Å²) in [5.41, 5.74) is 14.8. The Balaban J connectivity index is 0.000000486. The van der Waals surface area contributed by atoms with E-state index in [2.05, 4.69) is 172 Å². The maximum Gasteiger partial charge on any atom is -0.0178 e. The first-order chi connectivity index (χ1) is 22.0. The molecular weight excluding hydrogens is 553 g/mol. The molecule has 0 saturated heterocycles. The minimum atomic E-state index is 0. The maximum absolute atomic E-state index is 4.04. The van der Waals surface area contributed by atoms with Crippen molar-refractivity contribution in [1.82, 2.24) is 0 Å². The summed E-state index contributed by atoms with van der Waals surface area (Å²) in [5.74, 6) is 0. The molecule has 0 amide bonds. The van der Waals surface area contributed by atoms with Crippen LogP contribution < -0.4 is 0 Å². The van der Waals surface area contributed by atoms with Crippen molar-refractivity contribution in [2.75, 3.05) is 0 Å². The normalized spacial score (nSPS) is 9.54. The van der Waals surface area contributed by atoms with Crippen LogP contribution in [-0.4, -0.2) is 0 Å². The van der Waals surface area contributed by atoms with E-state index in [1.807, 2.05) is 34.6 Å². The molecule has 6 rings (SSSR count). The van der Waals surface area contributed by atoms with E-state index >= 15 is 0 Å². The van der Waals surface area contributed by atoms with Crippen LogP contribution in [0.15, 0.2) is 158 Å². The molecule has 0 spiro atoms. The number of hydrogen-bond acceptors (Lipinski definition) is 0. The molecule has 236 valence electrons. The molecule has 0 heteroatoms. The molecule has 0 bridgehead atoms. The van der Waals surface area contributed by atoms with Gasteiger partial charge in [-0.15, -0.1) is 0 Å². The lowest BCUT2D eigenvalue weighted by atomic mass is 9.94. The van der Waals surface area contributed by atoms with Gasteiger partial charge in [0.15, 0.2) is 0 Å². The average molecular weight is 605 g/mol. The van der Waals surface area contributed by atoms with E-state index < -0.39 is 0 Å². The van der Waals surface area contributed by atoms with E-state index in [1.54, 1.807) is 0 Å². The molecule has 0 unspecified atom stereocenters. The third kappa shape index (κ3) is 10.3.